The van der Waals surface area contributed by atoms with Crippen LogP contribution in [0.5, 0.6) is 0 Å². The molecule has 1 aliphatic heterocycles. The summed E-state index contributed by atoms with van der Waals surface area (Å²) in [7, 11) is 6.12. The molecule has 21 heavy (non-hydrogen) atoms. The Morgan fingerprint density at radius 3 is 2.52 bits per heavy atom. The number of likely N-dealkylation sites (N-methyl/N-ethyl adjacent to an activating group) is 1. The van der Waals surface area contributed by atoms with Gasteiger partial charge in [-0.2, -0.15) is 0 Å². The Hall–Kier alpha value is -1.17. The quantitative estimate of drug-likeness (QED) is 0.852. The summed E-state index contributed by atoms with van der Waals surface area (Å²) in [5.41, 5.74) is 2.21. The van der Waals surface area contributed by atoms with Crippen molar-refractivity contribution in [3.63, 3.8) is 0 Å². The summed E-state index contributed by atoms with van der Waals surface area (Å²) in [5.74, 6) is -0.159. The molecule has 0 radical (unpaired) electrons. The molecule has 1 aromatic carbocycles. The maximum atomic E-state index is 13.4. The van der Waals surface area contributed by atoms with E-state index >= 15 is 0 Å². The Morgan fingerprint density at radius 1 is 1.19 bits per heavy atom. The third-order valence-electron chi connectivity index (χ3n) is 3.99. The molecule has 1 aliphatic rings. The number of hydrogen-bond donors (Lipinski definition) is 1. The predicted octanol–water partition coefficient (Wildman–Crippen LogP) is 1.23. The van der Waals surface area contributed by atoms with Crippen molar-refractivity contribution in [3.8, 4) is 0 Å². The molecule has 0 saturated carbocycles. The van der Waals surface area contributed by atoms with Crippen LogP contribution in [-0.2, 0) is 6.54 Å². The molecule has 0 aromatic heterocycles. The molecule has 0 aliphatic carbocycles. The molecular weight excluding hydrogens is 267 g/mol. The van der Waals surface area contributed by atoms with Crippen LogP contribution in [-0.4, -0.2) is 70.2 Å². The second-order valence-electron chi connectivity index (χ2n) is 5.94. The topological polar surface area (TPSA) is 21.8 Å². The Labute approximate surface area is 127 Å². The van der Waals surface area contributed by atoms with Gasteiger partial charge in [-0.05, 0) is 44.9 Å². The van der Waals surface area contributed by atoms with Crippen LogP contribution >= 0.6 is 0 Å². The fourth-order valence-corrected chi connectivity index (χ4v) is 2.75. The Morgan fingerprint density at radius 2 is 1.90 bits per heavy atom. The summed E-state index contributed by atoms with van der Waals surface area (Å²) >= 11 is 0. The van der Waals surface area contributed by atoms with Crippen LogP contribution in [0, 0.1) is 5.82 Å². The van der Waals surface area contributed by atoms with Gasteiger partial charge in [0.15, 0.2) is 0 Å². The van der Waals surface area contributed by atoms with Gasteiger partial charge in [-0.25, -0.2) is 4.39 Å². The van der Waals surface area contributed by atoms with E-state index in [1.807, 2.05) is 13.1 Å². The molecule has 4 nitrogen and oxygen atoms in total. The third-order valence-corrected chi connectivity index (χ3v) is 3.99. The van der Waals surface area contributed by atoms with Gasteiger partial charge in [-0.3, -0.25) is 4.90 Å². The Bertz CT molecular complexity index is 442. The van der Waals surface area contributed by atoms with Gasteiger partial charge in [0, 0.05) is 51.5 Å². The zero-order valence-electron chi connectivity index (χ0n) is 13.4. The molecule has 0 amide bonds. The van der Waals surface area contributed by atoms with Crippen molar-refractivity contribution in [2.24, 2.45) is 0 Å². The molecule has 1 heterocycles. The minimum Gasteiger partial charge on any atom is -0.369 e. The minimum absolute atomic E-state index is 0.159. The number of anilines is 1. The summed E-state index contributed by atoms with van der Waals surface area (Å²) in [5, 5.41) is 3.12. The molecule has 0 spiro atoms. The van der Waals surface area contributed by atoms with Gasteiger partial charge in [0.05, 0.1) is 0 Å². The highest BCUT2D eigenvalue weighted by Crippen LogP contribution is 2.23. The molecule has 2 rings (SSSR count). The van der Waals surface area contributed by atoms with E-state index in [0.29, 0.717) is 6.54 Å². The summed E-state index contributed by atoms with van der Waals surface area (Å²) < 4.78 is 13.4. The Kier molecular flexibility index (Phi) is 5.96. The van der Waals surface area contributed by atoms with Crippen LogP contribution in [0.1, 0.15) is 5.56 Å². The molecular formula is C16H27FN4. The first-order valence-corrected chi connectivity index (χ1v) is 7.65. The number of nitrogens with one attached hydrogen (secondary N) is 1. The van der Waals surface area contributed by atoms with Crippen molar-refractivity contribution in [1.29, 1.82) is 0 Å². The van der Waals surface area contributed by atoms with Crippen molar-refractivity contribution in [3.05, 3.63) is 29.6 Å². The number of piperazine rings is 1. The highest BCUT2D eigenvalue weighted by Gasteiger charge is 2.19. The van der Waals surface area contributed by atoms with Crippen molar-refractivity contribution in [2.75, 3.05) is 65.3 Å². The molecule has 0 bridgehead atoms. The maximum Gasteiger partial charge on any atom is 0.123 e. The van der Waals surface area contributed by atoms with Crippen molar-refractivity contribution >= 4 is 5.69 Å². The second-order valence-corrected chi connectivity index (χ2v) is 5.94. The maximum absolute atomic E-state index is 13.4. The second kappa shape index (κ2) is 7.73. The fourth-order valence-electron chi connectivity index (χ4n) is 2.75. The van der Waals surface area contributed by atoms with Gasteiger partial charge in [-0.15, -0.1) is 0 Å². The molecule has 1 aromatic rings. The fraction of sp³-hybridized carbons (Fsp3) is 0.625. The summed E-state index contributed by atoms with van der Waals surface area (Å²) in [6, 6.07) is 5.12. The number of hydrogen-bond acceptors (Lipinski definition) is 4. The lowest BCUT2D eigenvalue weighted by molar-refractivity contribution is 0.229. The van der Waals surface area contributed by atoms with Crippen LogP contribution < -0.4 is 10.2 Å². The van der Waals surface area contributed by atoms with Gasteiger partial charge in [-0.1, -0.05) is 0 Å². The van der Waals surface area contributed by atoms with Crippen LogP contribution in [0.4, 0.5) is 10.1 Å². The summed E-state index contributed by atoms with van der Waals surface area (Å²) in [4.78, 5) is 7.09. The molecule has 118 valence electrons. The minimum atomic E-state index is -0.159. The van der Waals surface area contributed by atoms with Crippen molar-refractivity contribution in [2.45, 2.75) is 6.54 Å². The van der Waals surface area contributed by atoms with E-state index in [-0.39, 0.29) is 5.82 Å². The first-order valence-electron chi connectivity index (χ1n) is 7.65. The lowest BCUT2D eigenvalue weighted by Crippen LogP contribution is -2.48. The van der Waals surface area contributed by atoms with E-state index in [2.05, 4.69) is 34.1 Å². The molecule has 1 saturated heterocycles. The standard InChI is InChI=1S/C16H27FN4/c1-18-13-14-12-15(17)4-5-16(14)21-10-8-20(9-11-21)7-6-19(2)3/h4-5,12,18H,6-11,13H2,1-3H3. The largest absolute Gasteiger partial charge is 0.369 e. The normalized spacial score (nSPS) is 16.7. The zero-order valence-corrected chi connectivity index (χ0v) is 13.4. The van der Waals surface area contributed by atoms with E-state index in [9.17, 15) is 4.39 Å². The van der Waals surface area contributed by atoms with Crippen LogP contribution in [0.25, 0.3) is 0 Å². The average Bonchev–Trinajstić information content (AvgIpc) is 2.46. The third kappa shape index (κ3) is 4.66. The highest BCUT2D eigenvalue weighted by atomic mass is 19.1. The number of nitrogens with zero attached hydrogens (tertiary/aromatic N) is 3. The summed E-state index contributed by atoms with van der Waals surface area (Å²) in [6.45, 7) is 7.09. The Balaban J connectivity index is 1.95. The van der Waals surface area contributed by atoms with Gasteiger partial charge in [0.1, 0.15) is 5.82 Å². The van der Waals surface area contributed by atoms with E-state index in [4.69, 9.17) is 0 Å². The van der Waals surface area contributed by atoms with Crippen molar-refractivity contribution in [1.82, 2.24) is 15.1 Å². The lowest BCUT2D eigenvalue weighted by Gasteiger charge is -2.37. The van der Waals surface area contributed by atoms with Crippen molar-refractivity contribution < 1.29 is 4.39 Å². The molecule has 1 fully saturated rings. The van der Waals surface area contributed by atoms with E-state index in [1.54, 1.807) is 12.1 Å². The summed E-state index contributed by atoms with van der Waals surface area (Å²) in [6.07, 6.45) is 0. The first-order chi connectivity index (χ1) is 10.1. The van der Waals surface area contributed by atoms with E-state index < -0.39 is 0 Å². The molecule has 0 atom stereocenters. The van der Waals surface area contributed by atoms with Crippen LogP contribution in [0.2, 0.25) is 0 Å². The van der Waals surface area contributed by atoms with Crippen LogP contribution in [0.15, 0.2) is 18.2 Å². The van der Waals surface area contributed by atoms with Gasteiger partial charge < -0.3 is 15.1 Å². The van der Waals surface area contributed by atoms with Gasteiger partial charge in [0.25, 0.3) is 0 Å². The zero-order chi connectivity index (χ0) is 15.2. The van der Waals surface area contributed by atoms with Gasteiger partial charge >= 0.3 is 0 Å². The molecule has 0 unspecified atom stereocenters. The monoisotopic (exact) mass is 294 g/mol. The smallest absolute Gasteiger partial charge is 0.123 e. The molecule has 5 heteroatoms. The van der Waals surface area contributed by atoms with E-state index in [0.717, 1.165) is 50.5 Å². The van der Waals surface area contributed by atoms with Crippen LogP contribution in [0.3, 0.4) is 0 Å². The number of benzene rings is 1. The van der Waals surface area contributed by atoms with Gasteiger partial charge in [0.2, 0.25) is 0 Å². The predicted molar refractivity (Wildman–Crippen MR) is 86.4 cm³/mol. The lowest BCUT2D eigenvalue weighted by atomic mass is 10.1. The highest BCUT2D eigenvalue weighted by molar-refractivity contribution is 5.54. The number of rotatable bonds is 6. The van der Waals surface area contributed by atoms with E-state index in [1.165, 1.54) is 0 Å². The number of halogens is 1. The molecule has 1 N–H and O–H groups in total. The average molecular weight is 294 g/mol. The first kappa shape index (κ1) is 16.2. The SMILES string of the molecule is CNCc1cc(F)ccc1N1CCN(CCN(C)C)CC1.